The Bertz CT molecular complexity index is 1020. The Hall–Kier alpha value is -3.40. The van der Waals surface area contributed by atoms with Crippen LogP contribution in [0.1, 0.15) is 42.3 Å². The molecule has 0 radical (unpaired) electrons. The maximum Gasteiger partial charge on any atom is 0.408 e. The number of halogens is 1. The molecular weight excluding hydrogens is 385 g/mol. The molecule has 0 aliphatic carbocycles. The molecular formula is C23H24FN3O3. The Balaban J connectivity index is 1.74. The van der Waals surface area contributed by atoms with E-state index in [0.29, 0.717) is 17.7 Å². The summed E-state index contributed by atoms with van der Waals surface area (Å²) in [6.45, 7) is 5.96. The van der Waals surface area contributed by atoms with Crippen molar-refractivity contribution in [2.45, 2.75) is 45.3 Å². The molecule has 0 fully saturated rings. The number of alkyl carbamates (subject to hydrolysis) is 1. The summed E-state index contributed by atoms with van der Waals surface area (Å²) in [5.74, 6) is -0.578. The van der Waals surface area contributed by atoms with Crippen molar-refractivity contribution in [1.82, 2.24) is 10.6 Å². The van der Waals surface area contributed by atoms with Crippen LogP contribution < -0.4 is 10.6 Å². The van der Waals surface area contributed by atoms with E-state index in [0.717, 1.165) is 17.5 Å². The van der Waals surface area contributed by atoms with E-state index >= 15 is 0 Å². The predicted molar refractivity (Wildman–Crippen MR) is 110 cm³/mol. The SMILES string of the molecule is CC(C)(C)NC(=O)O[C@H](C#N)Cc1ccc(-c2ccc3c(c2)CCNC3=O)cc1F. The zero-order valence-electron chi connectivity index (χ0n) is 17.2. The molecule has 1 heterocycles. The third-order valence-corrected chi connectivity index (χ3v) is 4.69. The second kappa shape index (κ2) is 8.54. The number of nitrogens with zero attached hydrogens (tertiary/aromatic N) is 1. The Labute approximate surface area is 175 Å². The molecule has 1 atom stereocenters. The van der Waals surface area contributed by atoms with Crippen LogP contribution in [0.5, 0.6) is 0 Å². The summed E-state index contributed by atoms with van der Waals surface area (Å²) >= 11 is 0. The number of carbonyl (C=O) groups excluding carboxylic acids is 2. The predicted octanol–water partition coefficient (Wildman–Crippen LogP) is 3.74. The van der Waals surface area contributed by atoms with Crippen molar-refractivity contribution < 1.29 is 18.7 Å². The molecule has 6 nitrogen and oxygen atoms in total. The molecule has 0 spiro atoms. The van der Waals surface area contributed by atoms with Gasteiger partial charge in [0.25, 0.3) is 5.91 Å². The first-order valence-electron chi connectivity index (χ1n) is 9.74. The number of carbonyl (C=O) groups is 2. The van der Waals surface area contributed by atoms with Crippen LogP contribution in [0.25, 0.3) is 11.1 Å². The summed E-state index contributed by atoms with van der Waals surface area (Å²) in [5, 5.41) is 14.7. The van der Waals surface area contributed by atoms with Crippen LogP contribution in [-0.2, 0) is 17.6 Å². The van der Waals surface area contributed by atoms with E-state index in [9.17, 15) is 19.2 Å². The van der Waals surface area contributed by atoms with Gasteiger partial charge in [-0.3, -0.25) is 4.79 Å². The molecule has 0 aromatic heterocycles. The molecule has 0 saturated carbocycles. The minimum absolute atomic E-state index is 0.0511. The van der Waals surface area contributed by atoms with Gasteiger partial charge >= 0.3 is 6.09 Å². The molecule has 2 N–H and O–H groups in total. The summed E-state index contributed by atoms with van der Waals surface area (Å²) in [4.78, 5) is 23.8. The standard InChI is InChI=1S/C23H24FN3O3/c1-23(2,3)27-22(29)30-18(13-25)11-17-5-4-15(12-20(17)24)14-6-7-19-16(10-14)8-9-26-21(19)28/h4-7,10,12,18H,8-9,11H2,1-3H3,(H,26,28)(H,27,29)/t18-/m0/s1. The van der Waals surface area contributed by atoms with E-state index in [4.69, 9.17) is 4.74 Å². The van der Waals surface area contributed by atoms with Crippen LogP contribution in [0, 0.1) is 17.1 Å². The average Bonchev–Trinajstić information content (AvgIpc) is 2.67. The van der Waals surface area contributed by atoms with Gasteiger partial charge < -0.3 is 15.4 Å². The number of hydrogen-bond acceptors (Lipinski definition) is 4. The average molecular weight is 409 g/mol. The minimum Gasteiger partial charge on any atom is -0.430 e. The number of nitriles is 1. The fourth-order valence-corrected chi connectivity index (χ4v) is 3.28. The van der Waals surface area contributed by atoms with Crippen molar-refractivity contribution in [2.24, 2.45) is 0 Å². The fraction of sp³-hybridized carbons (Fsp3) is 0.348. The van der Waals surface area contributed by atoms with E-state index in [1.54, 1.807) is 45.0 Å². The molecule has 2 aromatic carbocycles. The van der Waals surface area contributed by atoms with Crippen molar-refractivity contribution in [1.29, 1.82) is 5.26 Å². The number of benzene rings is 2. The van der Waals surface area contributed by atoms with Crippen LogP contribution in [0.3, 0.4) is 0 Å². The van der Waals surface area contributed by atoms with Crippen LogP contribution in [0.2, 0.25) is 0 Å². The first kappa shape index (κ1) is 21.3. The Morgan fingerprint density at radius 1 is 1.27 bits per heavy atom. The minimum atomic E-state index is -1.10. The summed E-state index contributed by atoms with van der Waals surface area (Å²) < 4.78 is 19.8. The van der Waals surface area contributed by atoms with E-state index in [2.05, 4.69) is 10.6 Å². The number of ether oxygens (including phenoxy) is 1. The van der Waals surface area contributed by atoms with Crippen LogP contribution in [-0.4, -0.2) is 30.2 Å². The van der Waals surface area contributed by atoms with Gasteiger partial charge in [0.1, 0.15) is 11.9 Å². The smallest absolute Gasteiger partial charge is 0.408 e. The van der Waals surface area contributed by atoms with Gasteiger partial charge in [0.2, 0.25) is 0 Å². The zero-order chi connectivity index (χ0) is 21.9. The monoisotopic (exact) mass is 409 g/mol. The van der Waals surface area contributed by atoms with Gasteiger partial charge in [-0.25, -0.2) is 9.18 Å². The molecule has 30 heavy (non-hydrogen) atoms. The van der Waals surface area contributed by atoms with Crippen molar-refractivity contribution >= 4 is 12.0 Å². The first-order valence-corrected chi connectivity index (χ1v) is 9.74. The zero-order valence-corrected chi connectivity index (χ0v) is 17.2. The van der Waals surface area contributed by atoms with Crippen LogP contribution in [0.15, 0.2) is 36.4 Å². The molecule has 7 heteroatoms. The van der Waals surface area contributed by atoms with Crippen molar-refractivity contribution in [2.75, 3.05) is 6.54 Å². The molecule has 2 aromatic rings. The Morgan fingerprint density at radius 3 is 2.63 bits per heavy atom. The third-order valence-electron chi connectivity index (χ3n) is 4.69. The quantitative estimate of drug-likeness (QED) is 0.805. The number of amides is 2. The van der Waals surface area contributed by atoms with Crippen molar-refractivity contribution in [3.63, 3.8) is 0 Å². The van der Waals surface area contributed by atoms with E-state index in [-0.39, 0.29) is 17.9 Å². The molecule has 2 amide bonds. The lowest BCUT2D eigenvalue weighted by molar-refractivity contribution is 0.0945. The molecule has 0 saturated heterocycles. The van der Waals surface area contributed by atoms with E-state index < -0.39 is 23.6 Å². The van der Waals surface area contributed by atoms with Gasteiger partial charge in [-0.2, -0.15) is 5.26 Å². The molecule has 156 valence electrons. The van der Waals surface area contributed by atoms with Crippen molar-refractivity contribution in [3.8, 4) is 17.2 Å². The van der Waals surface area contributed by atoms with E-state index in [1.165, 1.54) is 6.07 Å². The molecule has 0 unspecified atom stereocenters. The topological polar surface area (TPSA) is 91.2 Å². The second-order valence-electron chi connectivity index (χ2n) is 8.29. The first-order chi connectivity index (χ1) is 14.2. The highest BCUT2D eigenvalue weighted by molar-refractivity contribution is 5.97. The van der Waals surface area contributed by atoms with Crippen LogP contribution in [0.4, 0.5) is 9.18 Å². The maximum absolute atomic E-state index is 14.7. The Kier molecular flexibility index (Phi) is 6.06. The van der Waals surface area contributed by atoms with Gasteiger partial charge in [-0.05, 0) is 61.6 Å². The van der Waals surface area contributed by atoms with Gasteiger partial charge in [0, 0.05) is 24.1 Å². The third kappa shape index (κ3) is 5.15. The molecule has 0 bridgehead atoms. The normalized spacial score (nSPS) is 14.2. The number of rotatable bonds is 4. The van der Waals surface area contributed by atoms with E-state index in [1.807, 2.05) is 12.1 Å². The lowest BCUT2D eigenvalue weighted by Gasteiger charge is -2.21. The summed E-state index contributed by atoms with van der Waals surface area (Å²) in [6.07, 6.45) is -1.14. The lowest BCUT2D eigenvalue weighted by Crippen LogP contribution is -2.42. The maximum atomic E-state index is 14.7. The highest BCUT2D eigenvalue weighted by Gasteiger charge is 2.21. The van der Waals surface area contributed by atoms with Gasteiger partial charge in [-0.1, -0.05) is 24.3 Å². The van der Waals surface area contributed by atoms with Crippen LogP contribution >= 0.6 is 0 Å². The highest BCUT2D eigenvalue weighted by Crippen LogP contribution is 2.26. The highest BCUT2D eigenvalue weighted by atomic mass is 19.1. The summed E-state index contributed by atoms with van der Waals surface area (Å²) in [5.41, 5.74) is 2.84. The fourth-order valence-electron chi connectivity index (χ4n) is 3.28. The lowest BCUT2D eigenvalue weighted by atomic mass is 9.94. The molecule has 1 aliphatic rings. The number of hydrogen-bond donors (Lipinski definition) is 2. The molecule has 1 aliphatic heterocycles. The van der Waals surface area contributed by atoms with Crippen molar-refractivity contribution in [3.05, 3.63) is 58.9 Å². The largest absolute Gasteiger partial charge is 0.430 e. The number of nitrogens with one attached hydrogen (secondary N) is 2. The Morgan fingerprint density at radius 2 is 1.97 bits per heavy atom. The van der Waals surface area contributed by atoms with Gasteiger partial charge in [0.15, 0.2) is 6.10 Å². The molecule has 3 rings (SSSR count). The van der Waals surface area contributed by atoms with Gasteiger partial charge in [0.05, 0.1) is 0 Å². The number of fused-ring (bicyclic) bond motifs is 1. The van der Waals surface area contributed by atoms with Gasteiger partial charge in [-0.15, -0.1) is 0 Å². The summed E-state index contributed by atoms with van der Waals surface area (Å²) in [7, 11) is 0. The second-order valence-corrected chi connectivity index (χ2v) is 8.29. The summed E-state index contributed by atoms with van der Waals surface area (Å²) in [6, 6.07) is 12.1.